The van der Waals surface area contributed by atoms with Crippen LogP contribution in [0.2, 0.25) is 0 Å². The van der Waals surface area contributed by atoms with Crippen molar-refractivity contribution in [1.29, 1.82) is 0 Å². The van der Waals surface area contributed by atoms with Gasteiger partial charge in [0, 0.05) is 11.9 Å². The minimum Gasteiger partial charge on any atom is -0.450 e. The smallest absolute Gasteiger partial charge is 0.410 e. The van der Waals surface area contributed by atoms with E-state index in [1.165, 1.54) is 0 Å². The van der Waals surface area contributed by atoms with Gasteiger partial charge in [-0.2, -0.15) is 0 Å². The third-order valence-electron chi connectivity index (χ3n) is 2.40. The number of ether oxygens (including phenoxy) is 1. The van der Waals surface area contributed by atoms with E-state index in [2.05, 4.69) is 22.5 Å². The summed E-state index contributed by atoms with van der Waals surface area (Å²) in [6.07, 6.45) is 1.83. The molecule has 4 heteroatoms. The van der Waals surface area contributed by atoms with Crippen molar-refractivity contribution in [3.8, 4) is 0 Å². The molecule has 0 bridgehead atoms. The molecule has 14 heavy (non-hydrogen) atoms. The lowest BCUT2D eigenvalue weighted by Crippen LogP contribution is -2.37. The first-order valence-electron chi connectivity index (χ1n) is 4.87. The lowest BCUT2D eigenvalue weighted by Gasteiger charge is -2.24. The summed E-state index contributed by atoms with van der Waals surface area (Å²) in [6, 6.07) is 0.161. The largest absolute Gasteiger partial charge is 0.450 e. The van der Waals surface area contributed by atoms with Crippen LogP contribution < -0.4 is 0 Å². The van der Waals surface area contributed by atoms with Crippen molar-refractivity contribution in [2.75, 3.05) is 18.5 Å². The van der Waals surface area contributed by atoms with Gasteiger partial charge in [0.05, 0.1) is 12.6 Å². The van der Waals surface area contributed by atoms with E-state index in [4.69, 9.17) is 4.74 Å². The molecule has 1 heterocycles. The van der Waals surface area contributed by atoms with Gasteiger partial charge in [-0.15, -0.1) is 0 Å². The molecule has 1 rings (SSSR count). The van der Waals surface area contributed by atoms with Crippen LogP contribution in [0.1, 0.15) is 19.8 Å². The van der Waals surface area contributed by atoms with E-state index in [9.17, 15) is 4.79 Å². The Morgan fingerprint density at radius 1 is 1.71 bits per heavy atom. The molecule has 0 aromatic carbocycles. The number of rotatable bonds is 3. The van der Waals surface area contributed by atoms with E-state index < -0.39 is 0 Å². The standard InChI is InChI=1S/C10H16BrNO2/c1-3-14-10(13)12-6-4-5-9(12)8(2)7-11/h9H,2-7H2,1H3/t9-/m0/s1. The Hall–Kier alpha value is -0.510. The van der Waals surface area contributed by atoms with Crippen LogP contribution >= 0.6 is 15.9 Å². The molecule has 0 spiro atoms. The molecule has 0 aromatic rings. The third kappa shape index (κ3) is 2.50. The van der Waals surface area contributed by atoms with Crippen LogP contribution in [0.15, 0.2) is 12.2 Å². The number of hydrogen-bond acceptors (Lipinski definition) is 2. The summed E-state index contributed by atoms with van der Waals surface area (Å²) in [7, 11) is 0. The summed E-state index contributed by atoms with van der Waals surface area (Å²) < 4.78 is 4.98. The minimum absolute atomic E-state index is 0.161. The maximum atomic E-state index is 11.5. The predicted molar refractivity (Wildman–Crippen MR) is 59.7 cm³/mol. The molecular formula is C10H16BrNO2. The molecule has 0 saturated carbocycles. The first-order chi connectivity index (χ1) is 6.70. The molecule has 1 fully saturated rings. The van der Waals surface area contributed by atoms with Gasteiger partial charge in [-0.05, 0) is 25.3 Å². The summed E-state index contributed by atoms with van der Waals surface area (Å²) in [5, 5.41) is 0.744. The third-order valence-corrected chi connectivity index (χ3v) is 3.12. The topological polar surface area (TPSA) is 29.5 Å². The van der Waals surface area contributed by atoms with E-state index in [1.807, 2.05) is 6.92 Å². The van der Waals surface area contributed by atoms with Crippen LogP contribution in [0.25, 0.3) is 0 Å². The van der Waals surface area contributed by atoms with E-state index >= 15 is 0 Å². The van der Waals surface area contributed by atoms with Gasteiger partial charge < -0.3 is 9.64 Å². The average molecular weight is 262 g/mol. The van der Waals surface area contributed by atoms with Crippen LogP contribution in [0, 0.1) is 0 Å². The Balaban J connectivity index is 2.59. The molecule has 1 amide bonds. The van der Waals surface area contributed by atoms with Gasteiger partial charge in [-0.25, -0.2) is 4.79 Å². The van der Waals surface area contributed by atoms with Gasteiger partial charge in [0.15, 0.2) is 0 Å². The molecule has 1 aliphatic rings. The summed E-state index contributed by atoms with van der Waals surface area (Å²) >= 11 is 3.36. The van der Waals surface area contributed by atoms with E-state index in [-0.39, 0.29) is 12.1 Å². The normalized spacial score (nSPS) is 21.0. The second kappa shape index (κ2) is 5.39. The van der Waals surface area contributed by atoms with E-state index in [1.54, 1.807) is 4.90 Å². The molecule has 0 N–H and O–H groups in total. The highest BCUT2D eigenvalue weighted by Gasteiger charge is 2.30. The highest BCUT2D eigenvalue weighted by molar-refractivity contribution is 9.09. The highest BCUT2D eigenvalue weighted by Crippen LogP contribution is 2.24. The maximum Gasteiger partial charge on any atom is 0.410 e. The predicted octanol–water partition coefficient (Wildman–Crippen LogP) is 2.56. The van der Waals surface area contributed by atoms with Gasteiger partial charge >= 0.3 is 6.09 Å². The van der Waals surface area contributed by atoms with Crippen LogP contribution in [0.4, 0.5) is 4.79 Å². The molecule has 80 valence electrons. The highest BCUT2D eigenvalue weighted by atomic mass is 79.9. The van der Waals surface area contributed by atoms with Crippen molar-refractivity contribution in [1.82, 2.24) is 4.90 Å². The summed E-state index contributed by atoms with van der Waals surface area (Å²) in [5.74, 6) is 0. The van der Waals surface area contributed by atoms with Gasteiger partial charge in [-0.1, -0.05) is 22.5 Å². The number of likely N-dealkylation sites (tertiary alicyclic amines) is 1. The monoisotopic (exact) mass is 261 g/mol. The lowest BCUT2D eigenvalue weighted by molar-refractivity contribution is 0.107. The van der Waals surface area contributed by atoms with Gasteiger partial charge in [0.1, 0.15) is 0 Å². The zero-order valence-corrected chi connectivity index (χ0v) is 10.0. The molecule has 1 atom stereocenters. The number of nitrogens with zero attached hydrogens (tertiary/aromatic N) is 1. The number of alkyl halides is 1. The Bertz CT molecular complexity index is 230. The number of amides is 1. The first kappa shape index (κ1) is 11.6. The molecule has 3 nitrogen and oxygen atoms in total. The Labute approximate surface area is 93.2 Å². The van der Waals surface area contributed by atoms with Crippen LogP contribution in [0.3, 0.4) is 0 Å². The fraction of sp³-hybridized carbons (Fsp3) is 0.700. The van der Waals surface area contributed by atoms with Gasteiger partial charge in [0.2, 0.25) is 0 Å². The zero-order chi connectivity index (χ0) is 10.6. The number of hydrogen-bond donors (Lipinski definition) is 0. The second-order valence-corrected chi connectivity index (χ2v) is 3.90. The van der Waals surface area contributed by atoms with Crippen molar-refractivity contribution in [2.45, 2.75) is 25.8 Å². The van der Waals surface area contributed by atoms with Crippen molar-refractivity contribution in [2.24, 2.45) is 0 Å². The fourth-order valence-corrected chi connectivity index (χ4v) is 2.08. The molecule has 0 radical (unpaired) electrons. The van der Waals surface area contributed by atoms with Crippen LogP contribution in [0.5, 0.6) is 0 Å². The molecule has 1 aliphatic heterocycles. The van der Waals surface area contributed by atoms with Crippen molar-refractivity contribution >= 4 is 22.0 Å². The maximum absolute atomic E-state index is 11.5. The lowest BCUT2D eigenvalue weighted by atomic mass is 10.1. The summed E-state index contributed by atoms with van der Waals surface area (Å²) in [4.78, 5) is 13.3. The van der Waals surface area contributed by atoms with Crippen molar-refractivity contribution in [3.05, 3.63) is 12.2 Å². The average Bonchev–Trinajstić information content (AvgIpc) is 2.65. The number of carbonyl (C=O) groups excluding carboxylic acids is 1. The quantitative estimate of drug-likeness (QED) is 0.578. The minimum atomic E-state index is -0.211. The van der Waals surface area contributed by atoms with Gasteiger partial charge in [0.25, 0.3) is 0 Å². The van der Waals surface area contributed by atoms with E-state index in [0.29, 0.717) is 6.61 Å². The summed E-state index contributed by atoms with van der Waals surface area (Å²) in [5.41, 5.74) is 1.05. The van der Waals surface area contributed by atoms with Crippen LogP contribution in [-0.4, -0.2) is 35.5 Å². The van der Waals surface area contributed by atoms with E-state index in [0.717, 1.165) is 30.3 Å². The Morgan fingerprint density at radius 3 is 3.00 bits per heavy atom. The second-order valence-electron chi connectivity index (χ2n) is 3.34. The van der Waals surface area contributed by atoms with Crippen molar-refractivity contribution in [3.63, 3.8) is 0 Å². The zero-order valence-electron chi connectivity index (χ0n) is 8.46. The molecule has 0 aromatic heterocycles. The SMILES string of the molecule is C=C(CBr)[C@@H]1CCCN1C(=O)OCC. The number of carbonyl (C=O) groups is 1. The number of halogens is 1. The summed E-state index contributed by atoms with van der Waals surface area (Å²) in [6.45, 7) is 6.99. The molecule has 0 unspecified atom stereocenters. The Morgan fingerprint density at radius 2 is 2.43 bits per heavy atom. The van der Waals surface area contributed by atoms with Crippen LogP contribution in [-0.2, 0) is 4.74 Å². The fourth-order valence-electron chi connectivity index (χ4n) is 1.71. The van der Waals surface area contributed by atoms with Gasteiger partial charge in [-0.3, -0.25) is 0 Å². The molecule has 1 saturated heterocycles. The first-order valence-corrected chi connectivity index (χ1v) is 5.99. The molecular weight excluding hydrogens is 246 g/mol. The van der Waals surface area contributed by atoms with Crippen molar-refractivity contribution < 1.29 is 9.53 Å². The molecule has 0 aliphatic carbocycles. The Kier molecular flexibility index (Phi) is 4.45.